The minimum absolute atomic E-state index is 0.400. The molecule has 0 saturated carbocycles. The molecule has 2 aromatic heterocycles. The second-order valence-electron chi connectivity index (χ2n) is 15.5. The van der Waals surface area contributed by atoms with Gasteiger partial charge in [0.25, 0.3) is 0 Å². The Labute approximate surface area is 344 Å². The topological polar surface area (TPSA) is 3.24 Å². The molecule has 0 amide bonds. The van der Waals surface area contributed by atoms with Crippen LogP contribution in [0.4, 0.5) is 17.1 Å². The molecule has 2 aliphatic carbocycles. The highest BCUT2D eigenvalue weighted by Gasteiger charge is 2.51. The Hall–Kier alpha value is -6.78. The van der Waals surface area contributed by atoms with E-state index in [1.165, 1.54) is 96.0 Å². The van der Waals surface area contributed by atoms with E-state index in [2.05, 4.69) is 205 Å². The van der Waals surface area contributed by atoms with E-state index < -0.39 is 5.41 Å². The van der Waals surface area contributed by atoms with Crippen LogP contribution in [-0.4, -0.2) is 0 Å². The minimum Gasteiger partial charge on any atom is -0.310 e. The van der Waals surface area contributed by atoms with Gasteiger partial charge in [-0.05, 0) is 110 Å². The minimum atomic E-state index is -0.400. The summed E-state index contributed by atoms with van der Waals surface area (Å²) in [7, 11) is 0. The van der Waals surface area contributed by atoms with E-state index in [0.717, 1.165) is 17.1 Å². The number of benzene rings is 9. The van der Waals surface area contributed by atoms with Crippen LogP contribution < -0.4 is 4.90 Å². The maximum absolute atomic E-state index is 2.48. The molecule has 0 atom stereocenters. The van der Waals surface area contributed by atoms with Crippen LogP contribution in [0.15, 0.2) is 200 Å². The van der Waals surface area contributed by atoms with Gasteiger partial charge >= 0.3 is 0 Å². The molecule has 58 heavy (non-hydrogen) atoms. The number of rotatable bonds is 4. The summed E-state index contributed by atoms with van der Waals surface area (Å²) < 4.78 is 5.40. The van der Waals surface area contributed by atoms with Crippen molar-refractivity contribution in [1.29, 1.82) is 0 Å². The van der Waals surface area contributed by atoms with Crippen molar-refractivity contribution < 1.29 is 0 Å². The van der Waals surface area contributed by atoms with Crippen molar-refractivity contribution in [3.63, 3.8) is 0 Å². The maximum Gasteiger partial charge on any atom is 0.0726 e. The molecule has 11 aromatic rings. The third kappa shape index (κ3) is 4.30. The van der Waals surface area contributed by atoms with Crippen molar-refractivity contribution in [3.8, 4) is 33.4 Å². The summed E-state index contributed by atoms with van der Waals surface area (Å²) in [6, 6.07) is 74.7. The molecule has 0 saturated heterocycles. The summed E-state index contributed by atoms with van der Waals surface area (Å²) in [6.07, 6.45) is 0. The number of nitrogens with zero attached hydrogens (tertiary/aromatic N) is 1. The summed E-state index contributed by atoms with van der Waals surface area (Å²) in [6.45, 7) is 0. The molecule has 0 fully saturated rings. The lowest BCUT2D eigenvalue weighted by Gasteiger charge is -2.32. The van der Waals surface area contributed by atoms with E-state index in [1.807, 2.05) is 22.7 Å². The molecule has 0 radical (unpaired) electrons. The third-order valence-electron chi connectivity index (χ3n) is 12.7. The highest BCUT2D eigenvalue weighted by atomic mass is 32.1. The normalized spacial score (nSPS) is 13.3. The van der Waals surface area contributed by atoms with E-state index in [1.54, 1.807) is 0 Å². The zero-order chi connectivity index (χ0) is 38.0. The summed E-state index contributed by atoms with van der Waals surface area (Å²) in [5, 5.41) is 5.43. The lowest BCUT2D eigenvalue weighted by molar-refractivity contribution is 0.793. The van der Waals surface area contributed by atoms with Gasteiger partial charge in [0, 0.05) is 57.4 Å². The van der Waals surface area contributed by atoms with E-state index in [9.17, 15) is 0 Å². The number of hydrogen-bond donors (Lipinski definition) is 0. The van der Waals surface area contributed by atoms with Gasteiger partial charge in [0.15, 0.2) is 0 Å². The van der Waals surface area contributed by atoms with Gasteiger partial charge in [-0.1, -0.05) is 146 Å². The average Bonchev–Trinajstić information content (AvgIpc) is 4.02. The number of thiophene rings is 2. The van der Waals surface area contributed by atoms with Crippen molar-refractivity contribution in [2.75, 3.05) is 4.90 Å². The molecule has 3 heteroatoms. The van der Waals surface area contributed by atoms with Crippen molar-refractivity contribution in [2.45, 2.75) is 5.41 Å². The Balaban J connectivity index is 0.992. The maximum atomic E-state index is 2.48. The summed E-state index contributed by atoms with van der Waals surface area (Å²) in [5.41, 5.74) is 16.2. The quantitative estimate of drug-likeness (QED) is 0.172. The molecule has 270 valence electrons. The fourth-order valence-electron chi connectivity index (χ4n) is 10.4. The summed E-state index contributed by atoms with van der Waals surface area (Å²) in [5.74, 6) is 0. The molecule has 13 rings (SSSR count). The van der Waals surface area contributed by atoms with Crippen LogP contribution in [-0.2, 0) is 5.41 Å². The predicted octanol–water partition coefficient (Wildman–Crippen LogP) is 15.9. The Kier molecular flexibility index (Phi) is 6.75. The van der Waals surface area contributed by atoms with Crippen LogP contribution in [0.25, 0.3) is 73.7 Å². The first-order valence-corrected chi connectivity index (χ1v) is 21.6. The zero-order valence-electron chi connectivity index (χ0n) is 31.3. The van der Waals surface area contributed by atoms with Gasteiger partial charge in [0.2, 0.25) is 0 Å². The fourth-order valence-corrected chi connectivity index (χ4v) is 12.8. The van der Waals surface area contributed by atoms with Crippen LogP contribution in [0.3, 0.4) is 0 Å². The lowest BCUT2D eigenvalue weighted by atomic mass is 9.70. The molecular weight excluding hydrogens is 739 g/mol. The SMILES string of the molecule is c1ccc(N(c2ccc(-c3cccc4sc5ccc6c7ccccc7sc6c5c34)cc2)c2ccc3c(c2)C2(c4ccccc4-c4ccccc42)c2ccccc2-3)cc1. The van der Waals surface area contributed by atoms with E-state index in [-0.39, 0.29) is 0 Å². The van der Waals surface area contributed by atoms with Gasteiger partial charge in [-0.15, -0.1) is 22.7 Å². The van der Waals surface area contributed by atoms with Crippen molar-refractivity contribution in [2.24, 2.45) is 0 Å². The number of para-hydroxylation sites is 1. The molecule has 1 spiro atoms. The first-order chi connectivity index (χ1) is 28.8. The molecule has 0 N–H and O–H groups in total. The predicted molar refractivity (Wildman–Crippen MR) is 249 cm³/mol. The smallest absolute Gasteiger partial charge is 0.0726 e. The molecule has 0 bridgehead atoms. The Morgan fingerprint density at radius 1 is 0.328 bits per heavy atom. The lowest BCUT2D eigenvalue weighted by Crippen LogP contribution is -2.26. The Morgan fingerprint density at radius 3 is 1.60 bits per heavy atom. The molecule has 0 aliphatic heterocycles. The summed E-state index contributed by atoms with van der Waals surface area (Å²) >= 11 is 3.82. The standard InChI is InChI=1S/C55H33NS2/c1-2-13-35(14-3-1)56(37-29-30-42-41-17-6-10-22-47(41)55(48(42)33-37)45-20-8-4-15-39(45)40-16-5-9-21-46(40)55)36-27-25-34(26-28-36)38-19-12-24-50-52(38)53-51(57-50)32-31-44-43-18-7-11-23-49(43)58-54(44)53/h1-33H. The van der Waals surface area contributed by atoms with Gasteiger partial charge in [0.05, 0.1) is 5.41 Å². The molecule has 2 heterocycles. The Morgan fingerprint density at radius 2 is 0.879 bits per heavy atom. The third-order valence-corrected chi connectivity index (χ3v) is 15.0. The van der Waals surface area contributed by atoms with Crippen LogP contribution in [0.5, 0.6) is 0 Å². The fraction of sp³-hybridized carbons (Fsp3) is 0.0182. The van der Waals surface area contributed by atoms with E-state index >= 15 is 0 Å². The number of hydrogen-bond acceptors (Lipinski definition) is 3. The van der Waals surface area contributed by atoms with Gasteiger partial charge < -0.3 is 4.90 Å². The second-order valence-corrected chi connectivity index (χ2v) is 17.7. The van der Waals surface area contributed by atoms with Crippen molar-refractivity contribution >= 4 is 80.1 Å². The molecular formula is C55H33NS2. The average molecular weight is 772 g/mol. The largest absolute Gasteiger partial charge is 0.310 e. The molecule has 1 nitrogen and oxygen atoms in total. The van der Waals surface area contributed by atoms with Crippen molar-refractivity contribution in [3.05, 3.63) is 222 Å². The van der Waals surface area contributed by atoms with Gasteiger partial charge in [-0.3, -0.25) is 0 Å². The van der Waals surface area contributed by atoms with Crippen LogP contribution in [0, 0.1) is 0 Å². The highest BCUT2D eigenvalue weighted by molar-refractivity contribution is 7.29. The first-order valence-electron chi connectivity index (χ1n) is 19.9. The monoisotopic (exact) mass is 771 g/mol. The summed E-state index contributed by atoms with van der Waals surface area (Å²) in [4.78, 5) is 2.43. The Bertz CT molecular complexity index is 3400. The second kappa shape index (κ2) is 12.1. The van der Waals surface area contributed by atoms with Crippen molar-refractivity contribution in [1.82, 2.24) is 0 Å². The van der Waals surface area contributed by atoms with Crippen LogP contribution in [0.2, 0.25) is 0 Å². The van der Waals surface area contributed by atoms with Crippen LogP contribution >= 0.6 is 22.7 Å². The number of anilines is 3. The van der Waals surface area contributed by atoms with E-state index in [0.29, 0.717) is 0 Å². The molecule has 9 aromatic carbocycles. The van der Waals surface area contributed by atoms with Crippen LogP contribution in [0.1, 0.15) is 22.3 Å². The van der Waals surface area contributed by atoms with Gasteiger partial charge in [0.1, 0.15) is 0 Å². The number of fused-ring (bicyclic) bond motifs is 17. The van der Waals surface area contributed by atoms with Gasteiger partial charge in [-0.25, -0.2) is 0 Å². The first kappa shape index (κ1) is 32.3. The highest BCUT2D eigenvalue weighted by Crippen LogP contribution is 2.63. The van der Waals surface area contributed by atoms with E-state index in [4.69, 9.17) is 0 Å². The van der Waals surface area contributed by atoms with Gasteiger partial charge in [-0.2, -0.15) is 0 Å². The zero-order valence-corrected chi connectivity index (χ0v) is 32.9. The molecule has 2 aliphatic rings. The molecule has 0 unspecified atom stereocenters.